The minimum absolute atomic E-state index is 0.198. The third-order valence-electron chi connectivity index (χ3n) is 3.69. The van der Waals surface area contributed by atoms with Gasteiger partial charge in [0, 0.05) is 24.4 Å². The minimum Gasteiger partial charge on any atom is -0.394 e. The molecule has 3 unspecified atom stereocenters. The van der Waals surface area contributed by atoms with Gasteiger partial charge in [-0.3, -0.25) is 4.52 Å². The molecule has 2 fully saturated rings. The summed E-state index contributed by atoms with van der Waals surface area (Å²) in [6, 6.07) is -1.04. The second kappa shape index (κ2) is 8.72. The van der Waals surface area contributed by atoms with Crippen molar-refractivity contribution in [1.29, 1.82) is 0 Å². The van der Waals surface area contributed by atoms with Gasteiger partial charge in [-0.1, -0.05) is 0 Å². The first-order valence-corrected chi connectivity index (χ1v) is 10.7. The van der Waals surface area contributed by atoms with E-state index in [0.717, 1.165) is 11.4 Å². The van der Waals surface area contributed by atoms with Gasteiger partial charge in [0.25, 0.3) is 0 Å². The van der Waals surface area contributed by atoms with E-state index in [0.29, 0.717) is 13.0 Å². The second-order valence-corrected chi connectivity index (χ2v) is 9.38. The molecule has 11 heteroatoms. The molecule has 2 aliphatic rings. The molecule has 128 valence electrons. The third kappa shape index (κ3) is 5.75. The van der Waals surface area contributed by atoms with Crippen molar-refractivity contribution in [3.63, 3.8) is 0 Å². The minimum atomic E-state index is -3.94. The summed E-state index contributed by atoms with van der Waals surface area (Å²) in [4.78, 5) is 10.0. The number of hydrogen-bond acceptors (Lipinski definition) is 7. The molecule has 0 aliphatic carbocycles. The van der Waals surface area contributed by atoms with Gasteiger partial charge in [-0.25, -0.2) is 4.57 Å². The highest BCUT2D eigenvalue weighted by atomic mass is 32.7. The van der Waals surface area contributed by atoms with Gasteiger partial charge in [0.05, 0.1) is 24.9 Å². The Balaban J connectivity index is 1.85. The molecule has 0 saturated carbocycles. The Morgan fingerprint density at radius 3 is 2.43 bits per heavy atom. The molecule has 2 rings (SSSR count). The van der Waals surface area contributed by atoms with E-state index < -0.39 is 31.0 Å². The van der Waals surface area contributed by atoms with Gasteiger partial charge in [-0.05, 0) is 31.1 Å². The summed E-state index contributed by atoms with van der Waals surface area (Å²) in [6.07, 6.45) is -1.17. The Labute approximate surface area is 142 Å². The summed E-state index contributed by atoms with van der Waals surface area (Å²) in [5.41, 5.74) is 0. The van der Waals surface area contributed by atoms with Crippen LogP contribution in [0, 0.1) is 0 Å². The van der Waals surface area contributed by atoms with Gasteiger partial charge in [-0.15, -0.1) is 0 Å². The standard InChI is InChI=1S/C12H21B2O7PS/c1-2-18-7-3-11(13)20-10(7)6-23-22(16,17)21-8-4-12(14)19-9(8)5-15/h7-12,15H,2-6H2,1H3,(H,16,17)/t7?,8?,9-,10-,11-,12-/m1/s1. The lowest BCUT2D eigenvalue weighted by Gasteiger charge is -2.22. The van der Waals surface area contributed by atoms with Gasteiger partial charge in [-0.2, -0.15) is 0 Å². The van der Waals surface area contributed by atoms with Crippen molar-refractivity contribution in [2.24, 2.45) is 0 Å². The second-order valence-electron chi connectivity index (χ2n) is 5.48. The van der Waals surface area contributed by atoms with Crippen LogP contribution in [0.3, 0.4) is 0 Å². The molecule has 0 bridgehead atoms. The molecule has 0 spiro atoms. The van der Waals surface area contributed by atoms with Gasteiger partial charge in [0.1, 0.15) is 21.8 Å². The highest BCUT2D eigenvalue weighted by Gasteiger charge is 2.40. The Kier molecular flexibility index (Phi) is 7.50. The van der Waals surface area contributed by atoms with Crippen molar-refractivity contribution in [2.75, 3.05) is 19.0 Å². The third-order valence-corrected chi connectivity index (χ3v) is 6.71. The van der Waals surface area contributed by atoms with E-state index in [1.54, 1.807) is 0 Å². The van der Waals surface area contributed by atoms with Gasteiger partial charge >= 0.3 is 6.80 Å². The van der Waals surface area contributed by atoms with Gasteiger partial charge < -0.3 is 24.2 Å². The zero-order chi connectivity index (χ0) is 17.0. The van der Waals surface area contributed by atoms with Crippen molar-refractivity contribution in [3.05, 3.63) is 0 Å². The first-order chi connectivity index (χ1) is 10.8. The topological polar surface area (TPSA) is 94.5 Å². The highest BCUT2D eigenvalue weighted by Crippen LogP contribution is 2.58. The van der Waals surface area contributed by atoms with E-state index >= 15 is 0 Å². The Morgan fingerprint density at radius 1 is 1.22 bits per heavy atom. The largest absolute Gasteiger partial charge is 0.394 e. The number of hydrogen-bond donors (Lipinski definition) is 2. The summed E-state index contributed by atoms with van der Waals surface area (Å²) in [5, 5.41) is 9.19. The molecular weight excluding hydrogens is 341 g/mol. The number of ether oxygens (including phenoxy) is 3. The van der Waals surface area contributed by atoms with Crippen LogP contribution in [0.25, 0.3) is 0 Å². The fourth-order valence-corrected chi connectivity index (χ4v) is 5.45. The van der Waals surface area contributed by atoms with Crippen molar-refractivity contribution < 1.29 is 33.3 Å². The van der Waals surface area contributed by atoms with Gasteiger partial charge in [0.2, 0.25) is 0 Å². The SMILES string of the molecule is [B][C@H]1CC(OCC)[C@@H](CSP(=O)(O)OC2C[C@H]([B])O[C@@H]2CO)O1. The predicted molar refractivity (Wildman–Crippen MR) is 87.7 cm³/mol. The quantitative estimate of drug-likeness (QED) is 0.466. The van der Waals surface area contributed by atoms with Crippen molar-refractivity contribution in [1.82, 2.24) is 0 Å². The van der Waals surface area contributed by atoms with Crippen LogP contribution in [0.5, 0.6) is 0 Å². The molecule has 0 aromatic rings. The van der Waals surface area contributed by atoms with E-state index in [4.69, 9.17) is 34.4 Å². The summed E-state index contributed by atoms with van der Waals surface area (Å²) in [5.74, 6) is 0.218. The molecule has 2 saturated heterocycles. The highest BCUT2D eigenvalue weighted by molar-refractivity contribution is 8.54. The monoisotopic (exact) mass is 362 g/mol. The van der Waals surface area contributed by atoms with E-state index in [1.165, 1.54) is 0 Å². The van der Waals surface area contributed by atoms with Crippen LogP contribution >= 0.6 is 18.2 Å². The maximum atomic E-state index is 12.2. The average molecular weight is 362 g/mol. The van der Waals surface area contributed by atoms with Crippen molar-refractivity contribution in [2.45, 2.75) is 56.2 Å². The molecule has 2 heterocycles. The molecule has 7 nitrogen and oxygen atoms in total. The van der Waals surface area contributed by atoms with Crippen molar-refractivity contribution in [3.8, 4) is 0 Å². The Bertz CT molecular complexity index is 432. The van der Waals surface area contributed by atoms with E-state index in [9.17, 15) is 14.6 Å². The first kappa shape index (κ1) is 19.8. The van der Waals surface area contributed by atoms with E-state index in [2.05, 4.69) is 0 Å². The fraction of sp³-hybridized carbons (Fsp3) is 1.00. The van der Waals surface area contributed by atoms with Crippen LogP contribution in [0.2, 0.25) is 0 Å². The summed E-state index contributed by atoms with van der Waals surface area (Å²) < 4.78 is 33.7. The lowest BCUT2D eigenvalue weighted by molar-refractivity contribution is 0.00175. The normalized spacial score (nSPS) is 40.3. The molecule has 0 aromatic carbocycles. The number of rotatable bonds is 8. The van der Waals surface area contributed by atoms with Crippen LogP contribution in [0.15, 0.2) is 0 Å². The maximum Gasteiger partial charge on any atom is 0.387 e. The van der Waals surface area contributed by atoms with Crippen LogP contribution in [-0.2, 0) is 23.3 Å². The first-order valence-electron chi connectivity index (χ1n) is 7.55. The fourth-order valence-electron chi connectivity index (χ4n) is 2.67. The Morgan fingerprint density at radius 2 is 1.83 bits per heavy atom. The van der Waals surface area contributed by atoms with Gasteiger partial charge in [0.15, 0.2) is 0 Å². The smallest absolute Gasteiger partial charge is 0.387 e. The maximum absolute atomic E-state index is 12.2. The zero-order valence-corrected chi connectivity index (χ0v) is 14.7. The summed E-state index contributed by atoms with van der Waals surface area (Å²) in [7, 11) is 11.3. The molecule has 2 aliphatic heterocycles. The molecule has 0 amide bonds. The van der Waals surface area contributed by atoms with Crippen LogP contribution in [0.1, 0.15) is 19.8 Å². The van der Waals surface area contributed by atoms with Crippen LogP contribution in [0.4, 0.5) is 0 Å². The molecule has 4 radical (unpaired) electrons. The average Bonchev–Trinajstić information content (AvgIpc) is 2.99. The van der Waals surface area contributed by atoms with Crippen LogP contribution in [-0.4, -0.2) is 81.1 Å². The molecule has 2 N–H and O–H groups in total. The van der Waals surface area contributed by atoms with E-state index in [1.807, 2.05) is 6.92 Å². The number of aliphatic hydroxyl groups is 1. The molecular formula is C12H21B2O7PS. The predicted octanol–water partition coefficient (Wildman–Crippen LogP) is 0.170. The molecule has 0 aromatic heterocycles. The number of aliphatic hydroxyl groups excluding tert-OH is 1. The Hall–Kier alpha value is 0.470. The van der Waals surface area contributed by atoms with E-state index in [-0.39, 0.29) is 31.0 Å². The molecule has 23 heavy (non-hydrogen) atoms. The lowest BCUT2D eigenvalue weighted by atomic mass is 9.96. The van der Waals surface area contributed by atoms with Crippen molar-refractivity contribution >= 4 is 33.9 Å². The molecule has 7 atom stereocenters. The van der Waals surface area contributed by atoms with Crippen LogP contribution < -0.4 is 0 Å². The zero-order valence-electron chi connectivity index (χ0n) is 12.9. The lowest BCUT2D eigenvalue weighted by Crippen LogP contribution is -2.28. The summed E-state index contributed by atoms with van der Waals surface area (Å²) in [6.45, 7) is -1.88. The summed E-state index contributed by atoms with van der Waals surface area (Å²) >= 11 is 0.759.